The fraction of sp³-hybridized carbons (Fsp3) is 0.154. The Morgan fingerprint density at radius 2 is 1.94 bits per heavy atom. The summed E-state index contributed by atoms with van der Waals surface area (Å²) in [5.41, 5.74) is 1.23. The summed E-state index contributed by atoms with van der Waals surface area (Å²) >= 11 is 3.26. The molecule has 2 rings (SSSR count). The van der Waals surface area contributed by atoms with Crippen LogP contribution in [-0.4, -0.2) is 10.1 Å². The summed E-state index contributed by atoms with van der Waals surface area (Å²) < 4.78 is 14.3. The van der Waals surface area contributed by atoms with E-state index in [0.717, 1.165) is 10.0 Å². The molecule has 1 aromatic heterocycles. The third-order valence-electron chi connectivity index (χ3n) is 2.50. The van der Waals surface area contributed by atoms with Crippen LogP contribution in [-0.2, 0) is 6.42 Å². The molecular weight excluding hydrogens is 285 g/mol. The number of aliphatic hydroxyl groups is 1. The molecule has 2 nitrogen and oxygen atoms in total. The van der Waals surface area contributed by atoms with Gasteiger partial charge in [0.15, 0.2) is 0 Å². The Morgan fingerprint density at radius 1 is 1.24 bits per heavy atom. The summed E-state index contributed by atoms with van der Waals surface area (Å²) in [5, 5.41) is 10.00. The first-order valence-corrected chi connectivity index (χ1v) is 5.98. The zero-order valence-corrected chi connectivity index (χ0v) is 10.6. The van der Waals surface area contributed by atoms with Gasteiger partial charge in [-0.05, 0) is 35.9 Å². The van der Waals surface area contributed by atoms with Crippen LogP contribution in [0.15, 0.2) is 47.2 Å². The highest BCUT2D eigenvalue weighted by atomic mass is 79.9. The topological polar surface area (TPSA) is 33.1 Å². The number of aliphatic hydroxyl groups excluding tert-OH is 1. The van der Waals surface area contributed by atoms with Crippen molar-refractivity contribution in [2.75, 3.05) is 0 Å². The molecule has 0 fully saturated rings. The van der Waals surface area contributed by atoms with E-state index in [1.165, 1.54) is 6.07 Å². The van der Waals surface area contributed by atoms with Crippen molar-refractivity contribution >= 4 is 15.9 Å². The first-order valence-electron chi connectivity index (χ1n) is 5.19. The van der Waals surface area contributed by atoms with Crippen molar-refractivity contribution in [2.45, 2.75) is 12.5 Å². The van der Waals surface area contributed by atoms with Crippen molar-refractivity contribution in [3.05, 3.63) is 64.1 Å². The van der Waals surface area contributed by atoms with Gasteiger partial charge in [-0.1, -0.05) is 15.9 Å². The Bertz CT molecular complexity index is 504. The second-order valence-electron chi connectivity index (χ2n) is 3.74. The lowest BCUT2D eigenvalue weighted by Gasteiger charge is -2.12. The molecule has 4 heteroatoms. The zero-order valence-electron chi connectivity index (χ0n) is 8.98. The van der Waals surface area contributed by atoms with Crippen molar-refractivity contribution in [1.29, 1.82) is 0 Å². The SMILES string of the molecule is OC(Cc1ccncc1)c1cc(Br)ccc1F. The van der Waals surface area contributed by atoms with E-state index in [9.17, 15) is 9.50 Å². The van der Waals surface area contributed by atoms with Crippen molar-refractivity contribution in [3.8, 4) is 0 Å². The Labute approximate surface area is 107 Å². The standard InChI is InChI=1S/C13H11BrFNO/c14-10-1-2-12(15)11(8-10)13(17)7-9-3-5-16-6-4-9/h1-6,8,13,17H,7H2. The van der Waals surface area contributed by atoms with E-state index in [-0.39, 0.29) is 0 Å². The summed E-state index contributed by atoms with van der Waals surface area (Å²) in [4.78, 5) is 3.89. The van der Waals surface area contributed by atoms with Gasteiger partial charge in [-0.15, -0.1) is 0 Å². The summed E-state index contributed by atoms with van der Waals surface area (Å²) in [7, 11) is 0. The normalized spacial score (nSPS) is 12.4. The van der Waals surface area contributed by atoms with Gasteiger partial charge in [-0.3, -0.25) is 4.98 Å². The Balaban J connectivity index is 2.20. The molecule has 1 unspecified atom stereocenters. The van der Waals surface area contributed by atoms with Crippen LogP contribution in [0.1, 0.15) is 17.2 Å². The van der Waals surface area contributed by atoms with Crippen molar-refractivity contribution in [3.63, 3.8) is 0 Å². The van der Waals surface area contributed by atoms with Crippen molar-refractivity contribution in [1.82, 2.24) is 4.98 Å². The number of hydrogen-bond donors (Lipinski definition) is 1. The van der Waals surface area contributed by atoms with E-state index in [4.69, 9.17) is 0 Å². The van der Waals surface area contributed by atoms with Crippen LogP contribution in [0.2, 0.25) is 0 Å². The van der Waals surface area contributed by atoms with Gasteiger partial charge in [0.05, 0.1) is 6.10 Å². The van der Waals surface area contributed by atoms with Gasteiger partial charge < -0.3 is 5.11 Å². The lowest BCUT2D eigenvalue weighted by Crippen LogP contribution is -2.04. The second kappa shape index (κ2) is 5.38. The molecule has 1 heterocycles. The Morgan fingerprint density at radius 3 is 2.65 bits per heavy atom. The Hall–Kier alpha value is -1.26. The van der Waals surface area contributed by atoms with E-state index >= 15 is 0 Å². The molecule has 0 aliphatic carbocycles. The minimum Gasteiger partial charge on any atom is -0.388 e. The van der Waals surface area contributed by atoms with Crippen LogP contribution < -0.4 is 0 Å². The number of aromatic nitrogens is 1. The van der Waals surface area contributed by atoms with E-state index in [2.05, 4.69) is 20.9 Å². The maximum Gasteiger partial charge on any atom is 0.129 e. The molecule has 0 radical (unpaired) electrons. The average Bonchev–Trinajstić information content (AvgIpc) is 2.33. The lowest BCUT2D eigenvalue weighted by molar-refractivity contribution is 0.173. The summed E-state index contributed by atoms with van der Waals surface area (Å²) in [6.45, 7) is 0. The van der Waals surface area contributed by atoms with Crippen LogP contribution in [0.4, 0.5) is 4.39 Å². The fourth-order valence-corrected chi connectivity index (χ4v) is 2.00. The molecule has 0 aliphatic rings. The van der Waals surface area contributed by atoms with E-state index in [1.54, 1.807) is 36.7 Å². The maximum absolute atomic E-state index is 13.5. The minimum atomic E-state index is -0.852. The summed E-state index contributed by atoms with van der Waals surface area (Å²) in [5.74, 6) is -0.394. The molecule has 0 bridgehead atoms. The van der Waals surface area contributed by atoms with Crippen LogP contribution >= 0.6 is 15.9 Å². The molecule has 0 spiro atoms. The monoisotopic (exact) mass is 295 g/mol. The molecule has 0 amide bonds. The first-order chi connectivity index (χ1) is 8.16. The summed E-state index contributed by atoms with van der Waals surface area (Å²) in [6, 6.07) is 8.16. The second-order valence-corrected chi connectivity index (χ2v) is 4.66. The Kier molecular flexibility index (Phi) is 3.86. The predicted octanol–water partition coefficient (Wildman–Crippen LogP) is 3.26. The van der Waals surface area contributed by atoms with Crippen molar-refractivity contribution < 1.29 is 9.50 Å². The van der Waals surface area contributed by atoms with Gasteiger partial charge in [0.1, 0.15) is 5.82 Å². The molecule has 1 N–H and O–H groups in total. The molecule has 0 aliphatic heterocycles. The maximum atomic E-state index is 13.5. The number of benzene rings is 1. The molecular formula is C13H11BrFNO. The molecule has 2 aromatic rings. The number of nitrogens with zero attached hydrogens (tertiary/aromatic N) is 1. The fourth-order valence-electron chi connectivity index (χ4n) is 1.62. The van der Waals surface area contributed by atoms with Gasteiger partial charge in [-0.25, -0.2) is 4.39 Å². The zero-order chi connectivity index (χ0) is 12.3. The van der Waals surface area contributed by atoms with E-state index in [1.807, 2.05) is 0 Å². The lowest BCUT2D eigenvalue weighted by atomic mass is 10.0. The van der Waals surface area contributed by atoms with Gasteiger partial charge in [0, 0.05) is 28.9 Å². The molecule has 1 aromatic carbocycles. The highest BCUT2D eigenvalue weighted by Gasteiger charge is 2.13. The molecule has 17 heavy (non-hydrogen) atoms. The van der Waals surface area contributed by atoms with Crippen LogP contribution in [0.3, 0.4) is 0 Å². The van der Waals surface area contributed by atoms with E-state index in [0.29, 0.717) is 12.0 Å². The first kappa shape index (κ1) is 12.2. The number of hydrogen-bond acceptors (Lipinski definition) is 2. The summed E-state index contributed by atoms with van der Waals surface area (Å²) in [6.07, 6.45) is 2.82. The van der Waals surface area contributed by atoms with E-state index < -0.39 is 11.9 Å². The molecule has 0 saturated heterocycles. The predicted molar refractivity (Wildman–Crippen MR) is 67.0 cm³/mol. The van der Waals surface area contributed by atoms with Gasteiger partial charge in [-0.2, -0.15) is 0 Å². The molecule has 1 atom stereocenters. The third-order valence-corrected chi connectivity index (χ3v) is 2.99. The molecule has 88 valence electrons. The van der Waals surface area contributed by atoms with Gasteiger partial charge in [0.25, 0.3) is 0 Å². The van der Waals surface area contributed by atoms with Crippen LogP contribution in [0.25, 0.3) is 0 Å². The van der Waals surface area contributed by atoms with Crippen molar-refractivity contribution in [2.24, 2.45) is 0 Å². The number of rotatable bonds is 3. The van der Waals surface area contributed by atoms with Crippen LogP contribution in [0.5, 0.6) is 0 Å². The van der Waals surface area contributed by atoms with Gasteiger partial charge in [0.2, 0.25) is 0 Å². The highest BCUT2D eigenvalue weighted by Crippen LogP contribution is 2.24. The third kappa shape index (κ3) is 3.11. The average molecular weight is 296 g/mol. The minimum absolute atomic E-state index is 0.302. The smallest absolute Gasteiger partial charge is 0.129 e. The highest BCUT2D eigenvalue weighted by molar-refractivity contribution is 9.10. The van der Waals surface area contributed by atoms with Crippen LogP contribution in [0, 0.1) is 5.82 Å². The largest absolute Gasteiger partial charge is 0.388 e. The quantitative estimate of drug-likeness (QED) is 0.943. The molecule has 0 saturated carbocycles. The number of halogens is 2. The number of pyridine rings is 1. The van der Waals surface area contributed by atoms with Gasteiger partial charge >= 0.3 is 0 Å².